The van der Waals surface area contributed by atoms with Gasteiger partial charge in [-0.1, -0.05) is 18.5 Å². The van der Waals surface area contributed by atoms with Crippen LogP contribution in [-0.4, -0.2) is 13.1 Å². The summed E-state index contributed by atoms with van der Waals surface area (Å²) in [6, 6.07) is 1.87. The van der Waals surface area contributed by atoms with Crippen molar-refractivity contribution < 1.29 is 14.3 Å². The number of hydrogen-bond acceptors (Lipinski definition) is 3. The first kappa shape index (κ1) is 11.3. The molecular formula is C12H13ClO3. The van der Waals surface area contributed by atoms with Gasteiger partial charge in [0, 0.05) is 12.0 Å². The quantitative estimate of drug-likeness (QED) is 0.760. The summed E-state index contributed by atoms with van der Waals surface area (Å²) in [5.74, 6) is 1.38. The SMILES string of the molecule is CCc1c(CCC=O)cc(Cl)c2c1OCO2. The highest BCUT2D eigenvalue weighted by molar-refractivity contribution is 6.32. The van der Waals surface area contributed by atoms with Gasteiger partial charge in [-0.2, -0.15) is 0 Å². The van der Waals surface area contributed by atoms with Gasteiger partial charge in [0.05, 0.1) is 5.02 Å². The molecule has 4 heteroatoms. The molecule has 0 N–H and O–H groups in total. The van der Waals surface area contributed by atoms with E-state index in [1.165, 1.54) is 0 Å². The minimum absolute atomic E-state index is 0.221. The lowest BCUT2D eigenvalue weighted by molar-refractivity contribution is -0.107. The second-order valence-electron chi connectivity index (χ2n) is 3.62. The maximum Gasteiger partial charge on any atom is 0.231 e. The molecule has 0 aromatic heterocycles. The van der Waals surface area contributed by atoms with Crippen molar-refractivity contribution in [1.29, 1.82) is 0 Å². The number of hydrogen-bond donors (Lipinski definition) is 0. The van der Waals surface area contributed by atoms with Crippen LogP contribution in [0.4, 0.5) is 0 Å². The predicted octanol–water partition coefficient (Wildman–Crippen LogP) is 2.76. The van der Waals surface area contributed by atoms with Crippen molar-refractivity contribution in [3.8, 4) is 11.5 Å². The molecule has 0 bridgehead atoms. The van der Waals surface area contributed by atoms with Crippen LogP contribution in [0.1, 0.15) is 24.5 Å². The Hall–Kier alpha value is -1.22. The van der Waals surface area contributed by atoms with Gasteiger partial charge in [-0.05, 0) is 24.5 Å². The molecule has 0 radical (unpaired) electrons. The van der Waals surface area contributed by atoms with Crippen LogP contribution < -0.4 is 9.47 Å². The zero-order valence-electron chi connectivity index (χ0n) is 9.09. The predicted molar refractivity (Wildman–Crippen MR) is 61.3 cm³/mol. The zero-order valence-corrected chi connectivity index (χ0v) is 9.84. The maximum absolute atomic E-state index is 10.4. The highest BCUT2D eigenvalue weighted by atomic mass is 35.5. The number of carbonyl (C=O) groups is 1. The molecule has 3 nitrogen and oxygen atoms in total. The van der Waals surface area contributed by atoms with Gasteiger partial charge in [-0.3, -0.25) is 0 Å². The summed E-state index contributed by atoms with van der Waals surface area (Å²) in [6.07, 6.45) is 2.96. The highest BCUT2D eigenvalue weighted by Crippen LogP contribution is 2.43. The lowest BCUT2D eigenvalue weighted by Crippen LogP contribution is -1.97. The maximum atomic E-state index is 10.4. The van der Waals surface area contributed by atoms with E-state index in [2.05, 4.69) is 6.92 Å². The number of aryl methyl sites for hydroxylation is 1. The van der Waals surface area contributed by atoms with E-state index in [1.54, 1.807) is 0 Å². The molecule has 1 aliphatic heterocycles. The van der Waals surface area contributed by atoms with Crippen LogP contribution in [0.3, 0.4) is 0 Å². The Morgan fingerprint density at radius 3 is 2.88 bits per heavy atom. The van der Waals surface area contributed by atoms with E-state index in [4.69, 9.17) is 21.1 Å². The molecule has 0 saturated carbocycles. The molecule has 16 heavy (non-hydrogen) atoms. The molecule has 0 aliphatic carbocycles. The van der Waals surface area contributed by atoms with Crippen molar-refractivity contribution in [2.24, 2.45) is 0 Å². The molecule has 86 valence electrons. The largest absolute Gasteiger partial charge is 0.453 e. The van der Waals surface area contributed by atoms with Crippen LogP contribution in [0.15, 0.2) is 6.07 Å². The monoisotopic (exact) mass is 240 g/mol. The molecule has 1 aliphatic rings. The Labute approximate surface area is 99.3 Å². The van der Waals surface area contributed by atoms with E-state index in [-0.39, 0.29) is 6.79 Å². The van der Waals surface area contributed by atoms with E-state index >= 15 is 0 Å². The van der Waals surface area contributed by atoms with Gasteiger partial charge in [-0.15, -0.1) is 0 Å². The highest BCUT2D eigenvalue weighted by Gasteiger charge is 2.23. The third-order valence-electron chi connectivity index (χ3n) is 2.68. The second kappa shape index (κ2) is 4.74. The van der Waals surface area contributed by atoms with Gasteiger partial charge < -0.3 is 14.3 Å². The topological polar surface area (TPSA) is 35.5 Å². The van der Waals surface area contributed by atoms with Crippen LogP contribution in [0.5, 0.6) is 11.5 Å². The minimum atomic E-state index is 0.221. The summed E-state index contributed by atoms with van der Waals surface area (Å²) in [6.45, 7) is 2.27. The molecule has 1 aromatic carbocycles. The summed E-state index contributed by atoms with van der Waals surface area (Å²) < 4.78 is 10.7. The fourth-order valence-corrected chi connectivity index (χ4v) is 2.23. The molecule has 1 heterocycles. The van der Waals surface area contributed by atoms with Crippen molar-refractivity contribution in [2.75, 3.05) is 6.79 Å². The van der Waals surface area contributed by atoms with Crippen LogP contribution >= 0.6 is 11.6 Å². The Kier molecular flexibility index (Phi) is 3.34. The van der Waals surface area contributed by atoms with Gasteiger partial charge in [-0.25, -0.2) is 0 Å². The molecule has 2 rings (SSSR count). The van der Waals surface area contributed by atoms with Gasteiger partial charge in [0.1, 0.15) is 6.29 Å². The van der Waals surface area contributed by atoms with Crippen LogP contribution in [-0.2, 0) is 17.6 Å². The van der Waals surface area contributed by atoms with Gasteiger partial charge in [0.25, 0.3) is 0 Å². The molecule has 0 atom stereocenters. The molecule has 0 saturated heterocycles. The van der Waals surface area contributed by atoms with E-state index in [0.717, 1.165) is 29.6 Å². The number of fused-ring (bicyclic) bond motifs is 1. The third kappa shape index (κ3) is 1.87. The Balaban J connectivity index is 2.44. The second-order valence-corrected chi connectivity index (χ2v) is 4.03. The molecule has 0 spiro atoms. The lowest BCUT2D eigenvalue weighted by Gasteiger charge is -2.11. The number of carbonyl (C=O) groups excluding carboxylic acids is 1. The lowest BCUT2D eigenvalue weighted by atomic mass is 9.99. The van der Waals surface area contributed by atoms with Crippen molar-refractivity contribution in [1.82, 2.24) is 0 Å². The average Bonchev–Trinajstić information content (AvgIpc) is 2.76. The Morgan fingerprint density at radius 2 is 2.19 bits per heavy atom. The standard InChI is InChI=1S/C12H13ClO3/c1-2-9-8(4-3-5-14)6-10(13)12-11(9)15-7-16-12/h5-6H,2-4,7H2,1H3. The zero-order chi connectivity index (χ0) is 11.5. The molecule has 1 aromatic rings. The fraction of sp³-hybridized carbons (Fsp3) is 0.417. The summed E-state index contributed by atoms with van der Waals surface area (Å²) >= 11 is 6.09. The normalized spacial score (nSPS) is 12.9. The van der Waals surface area contributed by atoms with Crippen LogP contribution in [0, 0.1) is 0 Å². The van der Waals surface area contributed by atoms with Crippen LogP contribution in [0.25, 0.3) is 0 Å². The molecular weight excluding hydrogens is 228 g/mol. The number of ether oxygens (including phenoxy) is 2. The van der Waals surface area contributed by atoms with E-state index in [0.29, 0.717) is 23.6 Å². The summed E-state index contributed by atoms with van der Waals surface area (Å²) in [5, 5.41) is 0.561. The first-order valence-corrected chi connectivity index (χ1v) is 5.69. The molecule has 0 fully saturated rings. The summed E-state index contributed by atoms with van der Waals surface area (Å²) in [5.41, 5.74) is 2.17. The van der Waals surface area contributed by atoms with E-state index in [1.807, 2.05) is 6.07 Å². The first-order chi connectivity index (χ1) is 7.77. The Bertz CT molecular complexity index is 415. The fourth-order valence-electron chi connectivity index (χ4n) is 1.96. The number of halogens is 1. The van der Waals surface area contributed by atoms with E-state index < -0.39 is 0 Å². The molecule has 0 amide bonds. The van der Waals surface area contributed by atoms with Crippen molar-refractivity contribution in [3.63, 3.8) is 0 Å². The number of rotatable bonds is 4. The first-order valence-electron chi connectivity index (χ1n) is 5.31. The number of benzene rings is 1. The van der Waals surface area contributed by atoms with Crippen molar-refractivity contribution in [2.45, 2.75) is 26.2 Å². The van der Waals surface area contributed by atoms with Crippen LogP contribution in [0.2, 0.25) is 5.02 Å². The van der Waals surface area contributed by atoms with Gasteiger partial charge in [0.2, 0.25) is 6.79 Å². The van der Waals surface area contributed by atoms with Gasteiger partial charge >= 0.3 is 0 Å². The third-order valence-corrected chi connectivity index (χ3v) is 2.96. The van der Waals surface area contributed by atoms with Gasteiger partial charge in [0.15, 0.2) is 11.5 Å². The number of aldehydes is 1. The smallest absolute Gasteiger partial charge is 0.231 e. The summed E-state index contributed by atoms with van der Waals surface area (Å²) in [4.78, 5) is 10.4. The van der Waals surface area contributed by atoms with Crippen molar-refractivity contribution in [3.05, 3.63) is 22.2 Å². The van der Waals surface area contributed by atoms with E-state index in [9.17, 15) is 4.79 Å². The minimum Gasteiger partial charge on any atom is -0.453 e. The van der Waals surface area contributed by atoms with Crippen molar-refractivity contribution >= 4 is 17.9 Å². The molecule has 0 unspecified atom stereocenters. The summed E-state index contributed by atoms with van der Waals surface area (Å²) in [7, 11) is 0. The Morgan fingerprint density at radius 1 is 1.44 bits per heavy atom. The average molecular weight is 241 g/mol.